The Morgan fingerprint density at radius 2 is 1.87 bits per heavy atom. The second kappa shape index (κ2) is 13.9. The van der Waals surface area contributed by atoms with Gasteiger partial charge in [0.25, 0.3) is 0 Å². The van der Waals surface area contributed by atoms with E-state index in [0.29, 0.717) is 35.2 Å². The summed E-state index contributed by atoms with van der Waals surface area (Å²) in [6.45, 7) is 3.21. The number of pyridine rings is 1. The number of hydrazone groups is 1. The third-order valence-electron chi connectivity index (χ3n) is 7.78. The molecule has 1 aliphatic heterocycles. The maximum absolute atomic E-state index is 12.4. The summed E-state index contributed by atoms with van der Waals surface area (Å²) in [5.74, 6) is 1.77. The number of halogens is 1. The van der Waals surface area contributed by atoms with Crippen LogP contribution >= 0.6 is 11.6 Å². The second-order valence-electron chi connectivity index (χ2n) is 10.8. The number of rotatable bonds is 12. The Kier molecular flexibility index (Phi) is 9.30. The molecular weight excluding hydrogens is 606 g/mol. The molecule has 3 aromatic carbocycles. The molecule has 3 heterocycles. The fourth-order valence-electron chi connectivity index (χ4n) is 5.43. The van der Waals surface area contributed by atoms with Crippen LogP contribution in [0.25, 0.3) is 10.9 Å². The fourth-order valence-corrected chi connectivity index (χ4v) is 5.60. The number of fused-ring (bicyclic) bond motifs is 1. The van der Waals surface area contributed by atoms with E-state index < -0.39 is 0 Å². The minimum atomic E-state index is -0.200. The minimum absolute atomic E-state index is 0.125. The van der Waals surface area contributed by atoms with Gasteiger partial charge in [0.2, 0.25) is 5.91 Å². The number of aryl methyl sites for hydroxylation is 1. The topological polar surface area (TPSA) is 116 Å². The van der Waals surface area contributed by atoms with Crippen molar-refractivity contribution in [3.05, 3.63) is 101 Å². The molecular formula is C34H34ClN7O4. The number of benzene rings is 3. The zero-order valence-electron chi connectivity index (χ0n) is 25.8. The Hall–Kier alpha value is -5.16. The molecule has 0 saturated heterocycles. The second-order valence-corrected chi connectivity index (χ2v) is 11.3. The van der Waals surface area contributed by atoms with Crippen LogP contribution in [0.5, 0.6) is 17.2 Å². The van der Waals surface area contributed by atoms with E-state index in [4.69, 9.17) is 25.8 Å². The quantitative estimate of drug-likeness (QED) is 0.159. The van der Waals surface area contributed by atoms with Gasteiger partial charge in [0.05, 0.1) is 37.7 Å². The van der Waals surface area contributed by atoms with Crippen LogP contribution in [0, 0.1) is 0 Å². The standard InChI is InChI=1S/C34H34ClN7O4/c1-22(43)42-32(23-5-9-27(44-2)10-6-23)19-30(39-42)24-7-12-33(34(17-24)45-3)46-21-26-20-41(40-38-26)16-4-14-36-29-13-15-37-31-18-25(35)8-11-28(29)31/h5-13,15,17-18,20,32H,4,14,16,19,21H2,1-3H3,(H,36,37). The third-order valence-corrected chi connectivity index (χ3v) is 8.01. The van der Waals surface area contributed by atoms with Crippen molar-refractivity contribution in [2.24, 2.45) is 5.10 Å². The fraction of sp³-hybridized carbons (Fsp3) is 0.265. The summed E-state index contributed by atoms with van der Waals surface area (Å²) in [4.78, 5) is 16.8. The first-order chi connectivity index (χ1) is 22.4. The van der Waals surface area contributed by atoms with Gasteiger partial charge < -0.3 is 19.5 Å². The van der Waals surface area contributed by atoms with E-state index in [-0.39, 0.29) is 18.6 Å². The van der Waals surface area contributed by atoms with Crippen LogP contribution in [0.15, 0.2) is 84.2 Å². The first-order valence-corrected chi connectivity index (χ1v) is 15.3. The zero-order valence-corrected chi connectivity index (χ0v) is 26.6. The molecule has 0 aliphatic carbocycles. The number of amides is 1. The van der Waals surface area contributed by atoms with Crippen LogP contribution in [0.3, 0.4) is 0 Å². The van der Waals surface area contributed by atoms with E-state index in [0.717, 1.165) is 52.1 Å². The average molecular weight is 640 g/mol. The minimum Gasteiger partial charge on any atom is -0.497 e. The molecule has 2 aromatic heterocycles. The van der Waals surface area contributed by atoms with Crippen molar-refractivity contribution in [1.29, 1.82) is 0 Å². The van der Waals surface area contributed by atoms with E-state index >= 15 is 0 Å². The number of hydrogen-bond acceptors (Lipinski definition) is 9. The number of nitrogens with zero attached hydrogens (tertiary/aromatic N) is 6. The highest BCUT2D eigenvalue weighted by molar-refractivity contribution is 6.31. The van der Waals surface area contributed by atoms with Gasteiger partial charge in [0.1, 0.15) is 18.1 Å². The maximum atomic E-state index is 12.4. The number of ether oxygens (including phenoxy) is 3. The van der Waals surface area contributed by atoms with E-state index in [1.165, 1.54) is 11.9 Å². The molecule has 12 heteroatoms. The Bertz CT molecular complexity index is 1880. The van der Waals surface area contributed by atoms with Crippen molar-refractivity contribution >= 4 is 39.8 Å². The van der Waals surface area contributed by atoms with Crippen molar-refractivity contribution in [2.45, 2.75) is 39.0 Å². The lowest BCUT2D eigenvalue weighted by Gasteiger charge is -2.20. The number of carbonyl (C=O) groups excluding carboxylic acids is 1. The van der Waals surface area contributed by atoms with Crippen molar-refractivity contribution in [3.63, 3.8) is 0 Å². The molecule has 1 atom stereocenters. The lowest BCUT2D eigenvalue weighted by atomic mass is 9.98. The van der Waals surface area contributed by atoms with Gasteiger partial charge in [-0.15, -0.1) is 5.10 Å². The zero-order chi connectivity index (χ0) is 32.0. The average Bonchev–Trinajstić information content (AvgIpc) is 3.73. The molecule has 1 amide bonds. The summed E-state index contributed by atoms with van der Waals surface area (Å²) in [6, 6.07) is 20.8. The third kappa shape index (κ3) is 6.89. The van der Waals surface area contributed by atoms with Crippen LogP contribution in [-0.2, 0) is 17.9 Å². The molecule has 46 heavy (non-hydrogen) atoms. The lowest BCUT2D eigenvalue weighted by molar-refractivity contribution is -0.130. The van der Waals surface area contributed by atoms with Crippen LogP contribution in [0.1, 0.15) is 42.6 Å². The summed E-state index contributed by atoms with van der Waals surface area (Å²) in [5.41, 5.74) is 5.21. The van der Waals surface area contributed by atoms with Crippen LogP contribution in [0.4, 0.5) is 5.69 Å². The van der Waals surface area contributed by atoms with Crippen LogP contribution in [0.2, 0.25) is 5.02 Å². The predicted molar refractivity (Wildman–Crippen MR) is 177 cm³/mol. The van der Waals surface area contributed by atoms with E-state index in [2.05, 4.69) is 25.7 Å². The highest BCUT2D eigenvalue weighted by atomic mass is 35.5. The van der Waals surface area contributed by atoms with Crippen LogP contribution in [-0.4, -0.2) is 57.4 Å². The molecule has 1 unspecified atom stereocenters. The largest absolute Gasteiger partial charge is 0.497 e. The Morgan fingerprint density at radius 3 is 2.65 bits per heavy atom. The molecule has 11 nitrogen and oxygen atoms in total. The summed E-state index contributed by atoms with van der Waals surface area (Å²) >= 11 is 6.10. The molecule has 0 radical (unpaired) electrons. The highest BCUT2D eigenvalue weighted by Crippen LogP contribution is 2.36. The van der Waals surface area contributed by atoms with E-state index in [1.54, 1.807) is 20.4 Å². The number of nitrogens with one attached hydrogen (secondary N) is 1. The van der Waals surface area contributed by atoms with Crippen LogP contribution < -0.4 is 19.5 Å². The van der Waals surface area contributed by atoms with Crippen molar-refractivity contribution in [1.82, 2.24) is 25.0 Å². The summed E-state index contributed by atoms with van der Waals surface area (Å²) in [7, 11) is 3.22. The van der Waals surface area contributed by atoms with Gasteiger partial charge in [-0.2, -0.15) is 5.10 Å². The first-order valence-electron chi connectivity index (χ1n) is 14.9. The molecule has 0 spiro atoms. The van der Waals surface area contributed by atoms with Crippen molar-refractivity contribution in [3.8, 4) is 17.2 Å². The molecule has 236 valence electrons. The lowest BCUT2D eigenvalue weighted by Crippen LogP contribution is -2.24. The molecule has 0 fully saturated rings. The van der Waals surface area contributed by atoms with Gasteiger partial charge >= 0.3 is 0 Å². The van der Waals surface area contributed by atoms with Gasteiger partial charge in [-0.3, -0.25) is 14.5 Å². The summed E-state index contributed by atoms with van der Waals surface area (Å²) in [6.07, 6.45) is 5.08. The maximum Gasteiger partial charge on any atom is 0.240 e. The molecule has 5 aromatic rings. The molecule has 0 bridgehead atoms. The number of anilines is 1. The smallest absolute Gasteiger partial charge is 0.240 e. The van der Waals surface area contributed by atoms with E-state index in [9.17, 15) is 4.79 Å². The number of aromatic nitrogens is 4. The molecule has 0 saturated carbocycles. The molecule has 1 aliphatic rings. The molecule has 1 N–H and O–H groups in total. The monoisotopic (exact) mass is 639 g/mol. The van der Waals surface area contributed by atoms with E-state index in [1.807, 2.05) is 77.6 Å². The Balaban J connectivity index is 1.04. The number of carbonyl (C=O) groups is 1. The van der Waals surface area contributed by atoms with Crippen molar-refractivity contribution < 1.29 is 19.0 Å². The van der Waals surface area contributed by atoms with Gasteiger partial charge in [0, 0.05) is 54.3 Å². The number of methoxy groups -OCH3 is 2. The van der Waals surface area contributed by atoms with Gasteiger partial charge in [-0.05, 0) is 66.6 Å². The highest BCUT2D eigenvalue weighted by Gasteiger charge is 2.31. The molecule has 6 rings (SSSR count). The van der Waals surface area contributed by atoms with Gasteiger partial charge in [-0.1, -0.05) is 28.9 Å². The van der Waals surface area contributed by atoms with Gasteiger partial charge in [0.15, 0.2) is 11.5 Å². The Labute approximate surface area is 271 Å². The van der Waals surface area contributed by atoms with Crippen molar-refractivity contribution in [2.75, 3.05) is 26.1 Å². The Morgan fingerprint density at radius 1 is 1.02 bits per heavy atom. The summed E-state index contributed by atoms with van der Waals surface area (Å²) < 4.78 is 18.8. The summed E-state index contributed by atoms with van der Waals surface area (Å²) in [5, 5.41) is 19.9. The normalized spacial score (nSPS) is 14.3. The first kappa shape index (κ1) is 30.8. The SMILES string of the molecule is COc1ccc(C2CC(c3ccc(OCc4cn(CCCNc5ccnc6cc(Cl)ccc56)nn4)c(OC)c3)=NN2C(C)=O)cc1. The number of hydrogen-bond donors (Lipinski definition) is 1. The van der Waals surface area contributed by atoms with Gasteiger partial charge in [-0.25, -0.2) is 5.01 Å². The predicted octanol–water partition coefficient (Wildman–Crippen LogP) is 6.28.